The zero-order valence-corrected chi connectivity index (χ0v) is 16.1. The van der Waals surface area contributed by atoms with Gasteiger partial charge in [0.25, 0.3) is 0 Å². The first-order valence-corrected chi connectivity index (χ1v) is 10.3. The molecule has 3 aliphatic rings. The fourth-order valence-electron chi connectivity index (χ4n) is 4.94. The molecule has 1 atom stereocenters. The molecule has 0 bridgehead atoms. The van der Waals surface area contributed by atoms with Crippen molar-refractivity contribution >= 4 is 11.8 Å². The van der Waals surface area contributed by atoms with Gasteiger partial charge >= 0.3 is 0 Å². The molecule has 4 heterocycles. The second-order valence-corrected chi connectivity index (χ2v) is 8.51. The lowest BCUT2D eigenvalue weighted by Crippen LogP contribution is -2.55. The van der Waals surface area contributed by atoms with E-state index in [1.165, 1.54) is 12.8 Å². The van der Waals surface area contributed by atoms with Crippen molar-refractivity contribution in [3.8, 4) is 0 Å². The Morgan fingerprint density at radius 1 is 1.04 bits per heavy atom. The second kappa shape index (κ2) is 7.97. The Balaban J connectivity index is 1.40. The van der Waals surface area contributed by atoms with E-state index in [0.717, 1.165) is 57.5 Å². The first-order valence-electron chi connectivity index (χ1n) is 10.3. The number of likely N-dealkylation sites (tertiary alicyclic amines) is 3. The highest BCUT2D eigenvalue weighted by molar-refractivity contribution is 5.79. The van der Waals surface area contributed by atoms with Crippen molar-refractivity contribution in [1.82, 2.24) is 19.7 Å². The van der Waals surface area contributed by atoms with Gasteiger partial charge in [-0.05, 0) is 62.9 Å². The molecule has 3 aliphatic heterocycles. The maximum atomic E-state index is 12.8. The van der Waals surface area contributed by atoms with Crippen LogP contribution >= 0.6 is 0 Å². The highest BCUT2D eigenvalue weighted by atomic mass is 16.2. The van der Waals surface area contributed by atoms with Crippen molar-refractivity contribution in [2.45, 2.75) is 45.1 Å². The summed E-state index contributed by atoms with van der Waals surface area (Å²) in [6.07, 6.45) is 9.64. The van der Waals surface area contributed by atoms with Crippen LogP contribution in [0.5, 0.6) is 0 Å². The van der Waals surface area contributed by atoms with Crippen LogP contribution in [0, 0.1) is 5.41 Å². The monoisotopic (exact) mass is 370 g/mol. The zero-order chi connectivity index (χ0) is 18.7. The van der Waals surface area contributed by atoms with Gasteiger partial charge in [0.1, 0.15) is 0 Å². The Kier molecular flexibility index (Phi) is 5.43. The zero-order valence-electron chi connectivity index (χ0n) is 16.1. The van der Waals surface area contributed by atoms with Gasteiger partial charge in [-0.1, -0.05) is 0 Å². The van der Waals surface area contributed by atoms with Gasteiger partial charge < -0.3 is 9.80 Å². The molecule has 1 aromatic heterocycles. The molecule has 3 saturated heterocycles. The average molecular weight is 370 g/mol. The van der Waals surface area contributed by atoms with Crippen molar-refractivity contribution in [1.29, 1.82) is 0 Å². The van der Waals surface area contributed by atoms with Crippen molar-refractivity contribution in [3.05, 3.63) is 30.1 Å². The molecule has 0 saturated carbocycles. The molecule has 6 nitrogen and oxygen atoms in total. The molecular weight excluding hydrogens is 340 g/mol. The Labute approximate surface area is 161 Å². The number of nitrogens with zero attached hydrogens (tertiary/aromatic N) is 4. The van der Waals surface area contributed by atoms with Crippen molar-refractivity contribution in [3.63, 3.8) is 0 Å². The topological polar surface area (TPSA) is 56.8 Å². The van der Waals surface area contributed by atoms with E-state index < -0.39 is 0 Å². The number of amides is 2. The third-order valence-corrected chi connectivity index (χ3v) is 6.44. The fourth-order valence-corrected chi connectivity index (χ4v) is 4.94. The van der Waals surface area contributed by atoms with Gasteiger partial charge in [-0.2, -0.15) is 0 Å². The normalized spacial score (nSPS) is 26.7. The van der Waals surface area contributed by atoms with E-state index >= 15 is 0 Å². The first-order chi connectivity index (χ1) is 13.1. The predicted molar refractivity (Wildman–Crippen MR) is 103 cm³/mol. The molecule has 1 aromatic rings. The molecule has 6 heteroatoms. The van der Waals surface area contributed by atoms with Crippen LogP contribution in [0.4, 0.5) is 0 Å². The van der Waals surface area contributed by atoms with E-state index in [-0.39, 0.29) is 17.2 Å². The van der Waals surface area contributed by atoms with Crippen LogP contribution in [0.2, 0.25) is 0 Å². The lowest BCUT2D eigenvalue weighted by atomic mass is 9.73. The Morgan fingerprint density at radius 3 is 2.59 bits per heavy atom. The van der Waals surface area contributed by atoms with Gasteiger partial charge in [0, 0.05) is 50.4 Å². The molecule has 0 radical (unpaired) electrons. The highest BCUT2D eigenvalue weighted by Crippen LogP contribution is 2.39. The van der Waals surface area contributed by atoms with E-state index in [1.807, 2.05) is 17.0 Å². The Hall–Kier alpha value is -1.95. The van der Waals surface area contributed by atoms with Crippen molar-refractivity contribution in [2.75, 3.05) is 39.3 Å². The molecule has 146 valence electrons. The summed E-state index contributed by atoms with van der Waals surface area (Å²) in [4.78, 5) is 35.7. The van der Waals surface area contributed by atoms with Crippen LogP contribution in [0.1, 0.15) is 44.1 Å². The molecule has 4 rings (SSSR count). The second-order valence-electron chi connectivity index (χ2n) is 8.51. The van der Waals surface area contributed by atoms with Gasteiger partial charge in [-0.25, -0.2) is 0 Å². The third kappa shape index (κ3) is 4.32. The molecule has 1 spiro atoms. The van der Waals surface area contributed by atoms with E-state index in [9.17, 15) is 9.59 Å². The van der Waals surface area contributed by atoms with Crippen LogP contribution in [-0.4, -0.2) is 70.8 Å². The molecular formula is C21H30N4O2. The molecule has 3 fully saturated rings. The fraction of sp³-hybridized carbons (Fsp3) is 0.667. The summed E-state index contributed by atoms with van der Waals surface area (Å²) in [7, 11) is 0. The summed E-state index contributed by atoms with van der Waals surface area (Å²) < 4.78 is 0. The lowest BCUT2D eigenvalue weighted by molar-refractivity contribution is -0.144. The quantitative estimate of drug-likeness (QED) is 0.812. The number of hydrogen-bond donors (Lipinski definition) is 0. The number of carbonyl (C=O) groups is 2. The molecule has 0 aliphatic carbocycles. The number of piperidine rings is 2. The maximum Gasteiger partial charge on any atom is 0.236 e. The van der Waals surface area contributed by atoms with Crippen LogP contribution in [0.15, 0.2) is 24.5 Å². The van der Waals surface area contributed by atoms with E-state index in [0.29, 0.717) is 19.5 Å². The summed E-state index contributed by atoms with van der Waals surface area (Å²) in [5.41, 5.74) is 1.19. The summed E-state index contributed by atoms with van der Waals surface area (Å²) >= 11 is 0. The number of carbonyl (C=O) groups excluding carboxylic acids is 2. The summed E-state index contributed by atoms with van der Waals surface area (Å²) in [6, 6.07) is 3.95. The Morgan fingerprint density at radius 2 is 1.81 bits per heavy atom. The van der Waals surface area contributed by atoms with E-state index in [2.05, 4.69) is 14.8 Å². The SMILES string of the molecule is O=C(CN1CCCC1)N1CCC[C@@]2(CCC(=O)N(Cc3ccncc3)C2)C1. The van der Waals surface area contributed by atoms with E-state index in [4.69, 9.17) is 0 Å². The molecule has 27 heavy (non-hydrogen) atoms. The molecule has 2 amide bonds. The van der Waals surface area contributed by atoms with Crippen LogP contribution in [0.3, 0.4) is 0 Å². The van der Waals surface area contributed by atoms with Gasteiger partial charge in [-0.3, -0.25) is 19.5 Å². The highest BCUT2D eigenvalue weighted by Gasteiger charge is 2.42. The molecule has 0 aromatic carbocycles. The van der Waals surface area contributed by atoms with Gasteiger partial charge in [0.05, 0.1) is 6.54 Å². The average Bonchev–Trinajstić information content (AvgIpc) is 3.19. The van der Waals surface area contributed by atoms with Gasteiger partial charge in [0.2, 0.25) is 11.8 Å². The van der Waals surface area contributed by atoms with Crippen LogP contribution in [-0.2, 0) is 16.1 Å². The number of rotatable bonds is 4. The number of pyridine rings is 1. The Bertz CT molecular complexity index is 674. The minimum absolute atomic E-state index is 0.0693. The van der Waals surface area contributed by atoms with Crippen molar-refractivity contribution < 1.29 is 9.59 Å². The predicted octanol–water partition coefficient (Wildman–Crippen LogP) is 1.91. The smallest absolute Gasteiger partial charge is 0.236 e. The summed E-state index contributed by atoms with van der Waals surface area (Å²) in [5.74, 6) is 0.506. The lowest BCUT2D eigenvalue weighted by Gasteiger charge is -2.48. The van der Waals surface area contributed by atoms with Crippen molar-refractivity contribution in [2.24, 2.45) is 5.41 Å². The first kappa shape index (κ1) is 18.4. The largest absolute Gasteiger partial charge is 0.341 e. The van der Waals surface area contributed by atoms with E-state index in [1.54, 1.807) is 12.4 Å². The maximum absolute atomic E-state index is 12.8. The minimum Gasteiger partial charge on any atom is -0.341 e. The minimum atomic E-state index is 0.0693. The number of hydrogen-bond acceptors (Lipinski definition) is 4. The van der Waals surface area contributed by atoms with Gasteiger partial charge in [0.15, 0.2) is 0 Å². The standard InChI is InChI=1S/C21H30N4O2/c26-19-4-8-21(17-25(19)14-18-5-9-22-10-6-18)7-3-13-24(16-21)20(27)15-23-11-1-2-12-23/h5-6,9-10H,1-4,7-8,11-17H2/t21-/m1/s1. The number of aromatic nitrogens is 1. The van der Waals surface area contributed by atoms with Crippen LogP contribution < -0.4 is 0 Å². The van der Waals surface area contributed by atoms with Gasteiger partial charge in [-0.15, -0.1) is 0 Å². The summed E-state index contributed by atoms with van der Waals surface area (Å²) in [6.45, 7) is 5.76. The summed E-state index contributed by atoms with van der Waals surface area (Å²) in [5, 5.41) is 0. The van der Waals surface area contributed by atoms with Crippen LogP contribution in [0.25, 0.3) is 0 Å². The third-order valence-electron chi connectivity index (χ3n) is 6.44. The molecule has 0 unspecified atom stereocenters. The molecule has 0 N–H and O–H groups in total.